The van der Waals surface area contributed by atoms with E-state index in [2.05, 4.69) is 22.2 Å². The van der Waals surface area contributed by atoms with E-state index in [1.54, 1.807) is 18.3 Å². The monoisotopic (exact) mass is 518 g/mol. The topological polar surface area (TPSA) is 108 Å². The molecule has 2 atom stereocenters. The highest BCUT2D eigenvalue weighted by Gasteiger charge is 2.45. The molecule has 5 rings (SSSR count). The first-order chi connectivity index (χ1) is 17.8. The summed E-state index contributed by atoms with van der Waals surface area (Å²) in [6, 6.07) is 16.2. The van der Waals surface area contributed by atoms with Crippen LogP contribution in [0.2, 0.25) is 0 Å². The van der Waals surface area contributed by atoms with Gasteiger partial charge in [-0.05, 0) is 79.1 Å². The zero-order chi connectivity index (χ0) is 26.0. The van der Waals surface area contributed by atoms with E-state index in [-0.39, 0.29) is 34.6 Å². The normalized spacial score (nSPS) is 21.5. The smallest absolute Gasteiger partial charge is 0.251 e. The molecule has 2 aliphatic rings. The van der Waals surface area contributed by atoms with Crippen LogP contribution >= 0.6 is 0 Å². The van der Waals surface area contributed by atoms with Crippen LogP contribution in [0.4, 0.5) is 0 Å². The van der Waals surface area contributed by atoms with E-state index in [1.807, 2.05) is 30.3 Å². The Morgan fingerprint density at radius 2 is 1.78 bits per heavy atom. The number of benzene rings is 2. The number of hydrogen-bond donors (Lipinski definition) is 2. The molecule has 2 unspecified atom stereocenters. The Bertz CT molecular complexity index is 1420. The van der Waals surface area contributed by atoms with Gasteiger partial charge in [0.2, 0.25) is 15.9 Å². The van der Waals surface area contributed by atoms with E-state index in [4.69, 9.17) is 0 Å². The molecule has 1 saturated carbocycles. The highest BCUT2D eigenvalue weighted by Crippen LogP contribution is 2.40. The van der Waals surface area contributed by atoms with Crippen LogP contribution in [-0.4, -0.2) is 55.2 Å². The summed E-state index contributed by atoms with van der Waals surface area (Å²) >= 11 is 0. The second kappa shape index (κ2) is 10.4. The third-order valence-electron chi connectivity index (χ3n) is 7.37. The molecule has 3 aromatic rings. The minimum absolute atomic E-state index is 0.0704. The molecule has 8 nitrogen and oxygen atoms in total. The molecule has 1 aliphatic heterocycles. The third-order valence-corrected chi connectivity index (χ3v) is 9.22. The van der Waals surface area contributed by atoms with E-state index in [0.717, 1.165) is 29.3 Å². The van der Waals surface area contributed by atoms with Crippen LogP contribution in [0.15, 0.2) is 78.3 Å². The lowest BCUT2D eigenvalue weighted by Gasteiger charge is -2.19. The predicted octanol–water partition coefficient (Wildman–Crippen LogP) is 2.91. The van der Waals surface area contributed by atoms with Crippen molar-refractivity contribution in [2.24, 2.45) is 11.8 Å². The number of hydrogen-bond acceptors (Lipinski definition) is 5. The maximum atomic E-state index is 13.2. The lowest BCUT2D eigenvalue weighted by Crippen LogP contribution is -2.35. The molecule has 1 aromatic heterocycles. The maximum Gasteiger partial charge on any atom is 0.251 e. The van der Waals surface area contributed by atoms with Crippen molar-refractivity contribution in [1.29, 1.82) is 0 Å². The summed E-state index contributed by atoms with van der Waals surface area (Å²) < 4.78 is 28.0. The van der Waals surface area contributed by atoms with Gasteiger partial charge in [0, 0.05) is 42.8 Å². The number of fused-ring (bicyclic) bond motifs is 2. The number of nitrogens with zero attached hydrogens (tertiary/aromatic N) is 2. The lowest BCUT2D eigenvalue weighted by molar-refractivity contribution is -0.117. The van der Waals surface area contributed by atoms with Crippen molar-refractivity contribution in [2.45, 2.75) is 30.2 Å². The zero-order valence-electron chi connectivity index (χ0n) is 20.5. The van der Waals surface area contributed by atoms with Gasteiger partial charge in [-0.25, -0.2) is 8.42 Å². The standard InChI is InChI=1S/C28H30N4O4S/c1-2-27(33)31-24-15-22-17-32(18-23(22)16-24)37(35,36)25-9-7-21(8-10-25)28(34)30-13-11-19-5-6-20-4-3-12-29-26(20)14-19/h2-10,12,14,22-24H,1,11,13,15-18H2,(H,30,34)(H,31,33). The zero-order valence-corrected chi connectivity index (χ0v) is 21.3. The SMILES string of the molecule is C=CC(=O)NC1CC2CN(S(=O)(=O)c3ccc(C(=O)NCCc4ccc5cccnc5c4)cc3)CC2C1. The summed E-state index contributed by atoms with van der Waals surface area (Å²) in [4.78, 5) is 28.7. The second-order valence-corrected chi connectivity index (χ2v) is 11.7. The summed E-state index contributed by atoms with van der Waals surface area (Å²) in [6.45, 7) is 4.83. The van der Waals surface area contributed by atoms with Gasteiger partial charge < -0.3 is 10.6 Å². The molecule has 9 heteroatoms. The number of aromatic nitrogens is 1. The summed E-state index contributed by atoms with van der Waals surface area (Å²) in [5, 5.41) is 6.90. The summed E-state index contributed by atoms with van der Waals surface area (Å²) in [5.41, 5.74) is 2.42. The Balaban J connectivity index is 1.14. The van der Waals surface area contributed by atoms with Crippen molar-refractivity contribution in [2.75, 3.05) is 19.6 Å². The quantitative estimate of drug-likeness (QED) is 0.446. The largest absolute Gasteiger partial charge is 0.352 e. The number of pyridine rings is 1. The van der Waals surface area contributed by atoms with Gasteiger partial charge in [-0.3, -0.25) is 14.6 Å². The molecule has 1 saturated heterocycles. The maximum absolute atomic E-state index is 13.2. The van der Waals surface area contributed by atoms with Gasteiger partial charge in [0.15, 0.2) is 0 Å². The Kier molecular flexibility index (Phi) is 7.08. The van der Waals surface area contributed by atoms with Crippen molar-refractivity contribution >= 4 is 32.7 Å². The van der Waals surface area contributed by atoms with Crippen LogP contribution in [0.25, 0.3) is 10.9 Å². The number of rotatable bonds is 8. The Morgan fingerprint density at radius 1 is 1.05 bits per heavy atom. The lowest BCUT2D eigenvalue weighted by atomic mass is 10.0. The highest BCUT2D eigenvalue weighted by atomic mass is 32.2. The molecular formula is C28H30N4O4S. The van der Waals surface area contributed by atoms with Crippen molar-refractivity contribution in [1.82, 2.24) is 19.9 Å². The van der Waals surface area contributed by atoms with E-state index < -0.39 is 10.0 Å². The number of nitrogens with one attached hydrogen (secondary N) is 2. The average Bonchev–Trinajstić information content (AvgIpc) is 3.48. The minimum Gasteiger partial charge on any atom is -0.352 e. The van der Waals surface area contributed by atoms with Crippen LogP contribution in [0.1, 0.15) is 28.8 Å². The average molecular weight is 519 g/mol. The van der Waals surface area contributed by atoms with Crippen LogP contribution in [0.5, 0.6) is 0 Å². The molecule has 2 heterocycles. The van der Waals surface area contributed by atoms with Crippen LogP contribution < -0.4 is 10.6 Å². The summed E-state index contributed by atoms with van der Waals surface area (Å²) in [5.74, 6) is 0.0254. The highest BCUT2D eigenvalue weighted by molar-refractivity contribution is 7.89. The van der Waals surface area contributed by atoms with Gasteiger partial charge in [0.25, 0.3) is 5.91 Å². The van der Waals surface area contributed by atoms with Gasteiger partial charge in [0.1, 0.15) is 0 Å². The fourth-order valence-electron chi connectivity index (χ4n) is 5.45. The molecule has 192 valence electrons. The van der Waals surface area contributed by atoms with E-state index in [1.165, 1.54) is 22.5 Å². The first-order valence-electron chi connectivity index (χ1n) is 12.5. The van der Waals surface area contributed by atoms with Crippen LogP contribution in [0, 0.1) is 11.8 Å². The van der Waals surface area contributed by atoms with Crippen molar-refractivity contribution in [3.63, 3.8) is 0 Å². The minimum atomic E-state index is -3.65. The van der Waals surface area contributed by atoms with Gasteiger partial charge in [0.05, 0.1) is 10.4 Å². The van der Waals surface area contributed by atoms with E-state index in [9.17, 15) is 18.0 Å². The molecule has 2 aromatic carbocycles. The van der Waals surface area contributed by atoms with Gasteiger partial charge >= 0.3 is 0 Å². The Labute approximate surface area is 216 Å². The van der Waals surface area contributed by atoms with Crippen molar-refractivity contribution in [3.8, 4) is 0 Å². The van der Waals surface area contributed by atoms with Gasteiger partial charge in [-0.1, -0.05) is 24.8 Å². The molecule has 2 N–H and O–H groups in total. The molecule has 37 heavy (non-hydrogen) atoms. The fourth-order valence-corrected chi connectivity index (χ4v) is 7.00. The number of amides is 2. The number of sulfonamides is 1. The first kappa shape index (κ1) is 25.1. The van der Waals surface area contributed by atoms with Crippen LogP contribution in [-0.2, 0) is 21.2 Å². The molecule has 0 spiro atoms. The molecule has 2 amide bonds. The van der Waals surface area contributed by atoms with Gasteiger partial charge in [-0.15, -0.1) is 0 Å². The van der Waals surface area contributed by atoms with Gasteiger partial charge in [-0.2, -0.15) is 4.31 Å². The number of carbonyl (C=O) groups is 2. The Hall–Kier alpha value is -3.56. The first-order valence-corrected chi connectivity index (χ1v) is 13.9. The predicted molar refractivity (Wildman–Crippen MR) is 141 cm³/mol. The van der Waals surface area contributed by atoms with Crippen molar-refractivity contribution < 1.29 is 18.0 Å². The fraction of sp³-hybridized carbons (Fsp3) is 0.321. The molecular weight excluding hydrogens is 488 g/mol. The van der Waals surface area contributed by atoms with Crippen LogP contribution in [0.3, 0.4) is 0 Å². The van der Waals surface area contributed by atoms with Crippen molar-refractivity contribution in [3.05, 3.63) is 84.6 Å². The summed E-state index contributed by atoms with van der Waals surface area (Å²) in [6.07, 6.45) is 5.22. The third kappa shape index (κ3) is 5.42. The molecule has 0 bridgehead atoms. The molecule has 0 radical (unpaired) electrons. The van der Waals surface area contributed by atoms with E-state index >= 15 is 0 Å². The summed E-state index contributed by atoms with van der Waals surface area (Å²) in [7, 11) is -3.65. The van der Waals surface area contributed by atoms with E-state index in [0.29, 0.717) is 31.6 Å². The molecule has 1 aliphatic carbocycles. The Morgan fingerprint density at radius 3 is 2.49 bits per heavy atom. The number of carbonyl (C=O) groups excluding carboxylic acids is 2. The molecule has 2 fully saturated rings. The second-order valence-electron chi connectivity index (χ2n) is 9.78.